The van der Waals surface area contributed by atoms with Crippen molar-refractivity contribution in [3.05, 3.63) is 126 Å². The molecule has 2 amide bonds. The van der Waals surface area contributed by atoms with Crippen molar-refractivity contribution < 1.29 is 14.0 Å². The van der Waals surface area contributed by atoms with E-state index in [9.17, 15) is 9.59 Å². The Morgan fingerprint density at radius 1 is 0.861 bits per heavy atom. The van der Waals surface area contributed by atoms with Gasteiger partial charge in [0.15, 0.2) is 5.78 Å². The fourth-order valence-corrected chi connectivity index (χ4v) is 5.19. The van der Waals surface area contributed by atoms with Crippen LogP contribution in [0.3, 0.4) is 0 Å². The molecule has 6 heteroatoms. The predicted molar refractivity (Wildman–Crippen MR) is 140 cm³/mol. The van der Waals surface area contributed by atoms with Crippen molar-refractivity contribution in [1.29, 1.82) is 0 Å². The first-order valence-corrected chi connectivity index (χ1v) is 12.0. The zero-order valence-electron chi connectivity index (χ0n) is 19.6. The molecule has 0 unspecified atom stereocenters. The number of hydrogen-bond acceptors (Lipinski definition) is 4. The summed E-state index contributed by atoms with van der Waals surface area (Å²) in [7, 11) is 0. The molecule has 0 bridgehead atoms. The fourth-order valence-electron chi connectivity index (χ4n) is 5.19. The molecule has 0 saturated carbocycles. The lowest BCUT2D eigenvalue weighted by atomic mass is 9.80. The number of fused-ring (bicyclic) bond motifs is 1. The number of benzene rings is 3. The van der Waals surface area contributed by atoms with Crippen molar-refractivity contribution in [2.24, 2.45) is 0 Å². The van der Waals surface area contributed by atoms with E-state index in [-0.39, 0.29) is 17.7 Å². The summed E-state index contributed by atoms with van der Waals surface area (Å²) in [6.07, 6.45) is 2.57. The number of nitrogens with one attached hydrogen (secondary N) is 2. The summed E-state index contributed by atoms with van der Waals surface area (Å²) in [4.78, 5) is 29.5. The summed E-state index contributed by atoms with van der Waals surface area (Å²) < 4.78 is 5.66. The molecule has 2 N–H and O–H groups in total. The number of allylic oxidation sites excluding steroid dienone is 1. The zero-order valence-corrected chi connectivity index (χ0v) is 19.6. The molecule has 36 heavy (non-hydrogen) atoms. The summed E-state index contributed by atoms with van der Waals surface area (Å²) in [6.45, 7) is 0. The minimum atomic E-state index is -0.592. The summed E-state index contributed by atoms with van der Waals surface area (Å²) in [5.74, 6) is 0.737. The Bertz CT molecular complexity index is 1430. The Morgan fingerprint density at radius 2 is 1.58 bits per heavy atom. The molecule has 1 aromatic heterocycles. The highest BCUT2D eigenvalue weighted by atomic mass is 16.3. The minimum absolute atomic E-state index is 0.00400. The van der Waals surface area contributed by atoms with Gasteiger partial charge in [0.05, 0.1) is 23.7 Å². The van der Waals surface area contributed by atoms with Gasteiger partial charge in [-0.3, -0.25) is 9.69 Å². The lowest BCUT2D eigenvalue weighted by Crippen LogP contribution is -2.41. The average molecular weight is 476 g/mol. The Hall–Kier alpha value is -4.58. The number of ketones is 1. The predicted octanol–water partition coefficient (Wildman–Crippen LogP) is 6.89. The van der Waals surface area contributed by atoms with E-state index < -0.39 is 6.04 Å². The van der Waals surface area contributed by atoms with Crippen LogP contribution >= 0.6 is 0 Å². The van der Waals surface area contributed by atoms with Gasteiger partial charge in [0, 0.05) is 29.3 Å². The third-order valence-electron chi connectivity index (χ3n) is 6.79. The maximum Gasteiger partial charge on any atom is 0.327 e. The molecule has 4 aromatic rings. The van der Waals surface area contributed by atoms with Crippen LogP contribution in [0.25, 0.3) is 0 Å². The highest BCUT2D eigenvalue weighted by Gasteiger charge is 2.42. The number of para-hydroxylation sites is 3. The number of anilines is 3. The Balaban J connectivity index is 1.52. The van der Waals surface area contributed by atoms with Crippen LogP contribution in [-0.4, -0.2) is 11.8 Å². The first kappa shape index (κ1) is 21.9. The zero-order chi connectivity index (χ0) is 24.5. The number of rotatable bonds is 3. The molecule has 3 aromatic carbocycles. The lowest BCUT2D eigenvalue weighted by Gasteiger charge is -2.34. The summed E-state index contributed by atoms with van der Waals surface area (Å²) in [5, 5.41) is 6.56. The number of urea groups is 1. The van der Waals surface area contributed by atoms with Crippen molar-refractivity contribution >= 4 is 28.9 Å². The van der Waals surface area contributed by atoms with E-state index in [1.54, 1.807) is 11.2 Å². The van der Waals surface area contributed by atoms with E-state index in [4.69, 9.17) is 4.42 Å². The van der Waals surface area contributed by atoms with Crippen LogP contribution in [-0.2, 0) is 4.79 Å². The number of hydrogen-bond donors (Lipinski definition) is 2. The number of carbonyl (C=O) groups excluding carboxylic acids is 2. The van der Waals surface area contributed by atoms with Gasteiger partial charge in [0.2, 0.25) is 0 Å². The molecule has 1 aliphatic carbocycles. The second kappa shape index (κ2) is 9.23. The number of nitrogens with zero attached hydrogens (tertiary/aromatic N) is 1. The van der Waals surface area contributed by atoms with Gasteiger partial charge in [0.25, 0.3) is 0 Å². The maximum absolute atomic E-state index is 13.9. The molecular weight excluding hydrogens is 450 g/mol. The second-order valence-corrected chi connectivity index (χ2v) is 9.06. The van der Waals surface area contributed by atoms with Crippen molar-refractivity contribution in [1.82, 2.24) is 0 Å². The normalized spacial score (nSPS) is 19.1. The first-order chi connectivity index (χ1) is 17.7. The molecular formula is C30H25N3O3. The maximum atomic E-state index is 13.9. The Labute approximate surface area is 209 Å². The molecule has 0 saturated heterocycles. The van der Waals surface area contributed by atoms with Crippen LogP contribution < -0.4 is 15.5 Å². The van der Waals surface area contributed by atoms with E-state index >= 15 is 0 Å². The van der Waals surface area contributed by atoms with Crippen molar-refractivity contribution in [2.45, 2.75) is 24.8 Å². The van der Waals surface area contributed by atoms with Crippen molar-refractivity contribution in [3.8, 4) is 0 Å². The molecule has 1 aliphatic heterocycles. The van der Waals surface area contributed by atoms with Crippen LogP contribution in [0.1, 0.15) is 36.1 Å². The van der Waals surface area contributed by atoms with Gasteiger partial charge in [-0.15, -0.1) is 0 Å². The molecule has 6 rings (SSSR count). The van der Waals surface area contributed by atoms with E-state index in [1.807, 2.05) is 97.1 Å². The van der Waals surface area contributed by atoms with Crippen LogP contribution in [0.15, 0.2) is 119 Å². The van der Waals surface area contributed by atoms with Gasteiger partial charge < -0.3 is 15.1 Å². The SMILES string of the molecule is O=C1C[C@@H](c2ccco2)CC2=C1[C@H](c1ccccc1)N(C(=O)Nc1ccccc1)c1ccccc1N2. The monoisotopic (exact) mass is 475 g/mol. The molecule has 2 heterocycles. The smallest absolute Gasteiger partial charge is 0.327 e. The fraction of sp³-hybridized carbons (Fsp3) is 0.133. The van der Waals surface area contributed by atoms with Gasteiger partial charge in [-0.25, -0.2) is 4.79 Å². The van der Waals surface area contributed by atoms with Crippen molar-refractivity contribution in [2.75, 3.05) is 15.5 Å². The lowest BCUT2D eigenvalue weighted by molar-refractivity contribution is -0.116. The van der Waals surface area contributed by atoms with E-state index in [1.165, 1.54) is 0 Å². The highest BCUT2D eigenvalue weighted by molar-refractivity contribution is 6.09. The van der Waals surface area contributed by atoms with E-state index in [0.29, 0.717) is 29.8 Å². The number of Topliss-reactive ketones (excluding diaryl/α,β-unsaturated/α-hetero) is 1. The molecule has 0 fully saturated rings. The van der Waals surface area contributed by atoms with Crippen molar-refractivity contribution in [3.63, 3.8) is 0 Å². The molecule has 0 radical (unpaired) electrons. The highest BCUT2D eigenvalue weighted by Crippen LogP contribution is 2.47. The Morgan fingerprint density at radius 3 is 2.33 bits per heavy atom. The van der Waals surface area contributed by atoms with Crippen LogP contribution in [0.5, 0.6) is 0 Å². The third-order valence-corrected chi connectivity index (χ3v) is 6.79. The topological polar surface area (TPSA) is 74.6 Å². The molecule has 0 spiro atoms. The number of furan rings is 1. The minimum Gasteiger partial charge on any atom is -0.469 e. The van der Waals surface area contributed by atoms with Gasteiger partial charge >= 0.3 is 6.03 Å². The molecule has 6 nitrogen and oxygen atoms in total. The average Bonchev–Trinajstić information content (AvgIpc) is 3.40. The summed E-state index contributed by atoms with van der Waals surface area (Å²) >= 11 is 0. The van der Waals surface area contributed by atoms with Gasteiger partial charge in [-0.1, -0.05) is 60.7 Å². The quantitative estimate of drug-likeness (QED) is 0.338. The first-order valence-electron chi connectivity index (χ1n) is 12.0. The molecule has 2 aliphatic rings. The number of carbonyl (C=O) groups is 2. The number of amides is 2. The van der Waals surface area contributed by atoms with Crippen LogP contribution in [0, 0.1) is 0 Å². The largest absolute Gasteiger partial charge is 0.469 e. The standard InChI is InChI=1S/C30H25N3O3/c34-26-19-21(27-16-9-17-36-27)18-24-28(26)29(20-10-3-1-4-11-20)33(25-15-8-7-14-23(25)32-24)30(35)31-22-12-5-2-6-13-22/h1-17,21,29,32H,18-19H2,(H,31,35)/t21-,29-/m0/s1. The molecule has 178 valence electrons. The van der Waals surface area contributed by atoms with Gasteiger partial charge in [-0.05, 0) is 48.4 Å². The summed E-state index contributed by atoms with van der Waals surface area (Å²) in [5.41, 5.74) is 4.48. The second-order valence-electron chi connectivity index (χ2n) is 9.06. The van der Waals surface area contributed by atoms with E-state index in [2.05, 4.69) is 10.6 Å². The summed E-state index contributed by atoms with van der Waals surface area (Å²) in [6, 6.07) is 29.7. The van der Waals surface area contributed by atoms with Crippen LogP contribution in [0.2, 0.25) is 0 Å². The third kappa shape index (κ3) is 3.96. The Kier molecular flexibility index (Phi) is 5.62. The van der Waals surface area contributed by atoms with Gasteiger partial charge in [-0.2, -0.15) is 0 Å². The van der Waals surface area contributed by atoms with E-state index in [0.717, 1.165) is 22.7 Å². The van der Waals surface area contributed by atoms with Crippen LogP contribution in [0.4, 0.5) is 21.9 Å². The van der Waals surface area contributed by atoms with Gasteiger partial charge in [0.1, 0.15) is 5.76 Å². The molecule has 2 atom stereocenters.